The summed E-state index contributed by atoms with van der Waals surface area (Å²) in [5.74, 6) is 1.53. The highest BCUT2D eigenvalue weighted by Gasteiger charge is 2.39. The van der Waals surface area contributed by atoms with Crippen molar-refractivity contribution in [1.82, 2.24) is 0 Å². The van der Waals surface area contributed by atoms with Gasteiger partial charge in [0.05, 0.1) is 14.2 Å². The Morgan fingerprint density at radius 1 is 0.842 bits per heavy atom. The number of benzene rings is 1. The SMILES string of the molecule is COc1cc(OC)c(C[Si](OC)(OC)OC)cc1C. The van der Waals surface area contributed by atoms with E-state index >= 15 is 0 Å². The van der Waals surface area contributed by atoms with Crippen molar-refractivity contribution in [3.63, 3.8) is 0 Å². The van der Waals surface area contributed by atoms with Crippen LogP contribution < -0.4 is 9.47 Å². The van der Waals surface area contributed by atoms with E-state index in [2.05, 4.69) is 0 Å². The van der Waals surface area contributed by atoms with E-state index < -0.39 is 8.80 Å². The normalized spacial score (nSPS) is 11.5. The van der Waals surface area contributed by atoms with E-state index in [0.29, 0.717) is 6.04 Å². The maximum atomic E-state index is 5.44. The average Bonchev–Trinajstić information content (AvgIpc) is 2.45. The van der Waals surface area contributed by atoms with Gasteiger partial charge in [-0.1, -0.05) is 0 Å². The summed E-state index contributed by atoms with van der Waals surface area (Å²) in [6.45, 7) is 1.98. The molecule has 0 radical (unpaired) electrons. The number of ether oxygens (including phenoxy) is 2. The predicted octanol–water partition coefficient (Wildman–Crippen LogP) is 1.97. The second-order valence-corrected chi connectivity index (χ2v) is 7.05. The van der Waals surface area contributed by atoms with Gasteiger partial charge in [-0.15, -0.1) is 0 Å². The van der Waals surface area contributed by atoms with E-state index in [1.807, 2.05) is 19.1 Å². The molecule has 0 aromatic heterocycles. The molecule has 0 aliphatic carbocycles. The number of hydrogen-bond acceptors (Lipinski definition) is 5. The van der Waals surface area contributed by atoms with Crippen LogP contribution in [0.3, 0.4) is 0 Å². The lowest BCUT2D eigenvalue weighted by molar-refractivity contribution is 0.122. The third kappa shape index (κ3) is 3.47. The Morgan fingerprint density at radius 2 is 1.37 bits per heavy atom. The fraction of sp³-hybridized carbons (Fsp3) is 0.538. The molecule has 0 unspecified atom stereocenters. The zero-order valence-electron chi connectivity index (χ0n) is 12.4. The van der Waals surface area contributed by atoms with Crippen LogP contribution in [0.4, 0.5) is 0 Å². The van der Waals surface area contributed by atoms with E-state index in [-0.39, 0.29) is 0 Å². The quantitative estimate of drug-likeness (QED) is 0.717. The van der Waals surface area contributed by atoms with Gasteiger partial charge in [-0.05, 0) is 24.1 Å². The Kier molecular flexibility index (Phi) is 5.80. The first kappa shape index (κ1) is 16.0. The summed E-state index contributed by atoms with van der Waals surface area (Å²) in [7, 11) is 5.39. The van der Waals surface area contributed by atoms with E-state index in [0.717, 1.165) is 22.6 Å². The molecule has 19 heavy (non-hydrogen) atoms. The smallest absolute Gasteiger partial charge is 0.496 e. The van der Waals surface area contributed by atoms with Crippen LogP contribution in [0.25, 0.3) is 0 Å². The van der Waals surface area contributed by atoms with Crippen molar-refractivity contribution in [3.8, 4) is 11.5 Å². The van der Waals surface area contributed by atoms with Crippen LogP contribution in [-0.2, 0) is 19.3 Å². The maximum absolute atomic E-state index is 5.44. The minimum atomic E-state index is -2.68. The Bertz CT molecular complexity index is 409. The summed E-state index contributed by atoms with van der Waals surface area (Å²) < 4.78 is 27.0. The second kappa shape index (κ2) is 6.90. The van der Waals surface area contributed by atoms with Gasteiger partial charge in [-0.25, -0.2) is 0 Å². The molecule has 0 atom stereocenters. The molecule has 5 nitrogen and oxygen atoms in total. The first-order chi connectivity index (χ1) is 9.05. The molecule has 0 bridgehead atoms. The lowest BCUT2D eigenvalue weighted by Crippen LogP contribution is -2.45. The van der Waals surface area contributed by atoms with Crippen molar-refractivity contribution < 1.29 is 22.8 Å². The number of methoxy groups -OCH3 is 2. The number of hydrogen-bond donors (Lipinski definition) is 0. The zero-order chi connectivity index (χ0) is 14.5. The summed E-state index contributed by atoms with van der Waals surface area (Å²) in [4.78, 5) is 0. The highest BCUT2D eigenvalue weighted by Crippen LogP contribution is 2.31. The van der Waals surface area contributed by atoms with Gasteiger partial charge in [0.1, 0.15) is 11.5 Å². The van der Waals surface area contributed by atoms with Gasteiger partial charge in [0.2, 0.25) is 0 Å². The fourth-order valence-corrected chi connectivity index (χ4v) is 3.65. The fourth-order valence-electron chi connectivity index (χ4n) is 1.98. The summed E-state index contributed by atoms with van der Waals surface area (Å²) in [5.41, 5.74) is 2.02. The third-order valence-corrected chi connectivity index (χ3v) is 5.82. The minimum Gasteiger partial charge on any atom is -0.496 e. The van der Waals surface area contributed by atoms with Gasteiger partial charge in [0.25, 0.3) is 0 Å². The zero-order valence-corrected chi connectivity index (χ0v) is 13.4. The largest absolute Gasteiger partial charge is 0.504 e. The molecule has 0 amide bonds. The average molecular weight is 286 g/mol. The van der Waals surface area contributed by atoms with Crippen molar-refractivity contribution in [2.24, 2.45) is 0 Å². The molecule has 0 aliphatic heterocycles. The molecule has 0 N–H and O–H groups in total. The van der Waals surface area contributed by atoms with Gasteiger partial charge >= 0.3 is 8.80 Å². The molecule has 108 valence electrons. The van der Waals surface area contributed by atoms with Crippen molar-refractivity contribution in [2.45, 2.75) is 13.0 Å². The van der Waals surface area contributed by atoms with Crippen LogP contribution in [0.1, 0.15) is 11.1 Å². The first-order valence-corrected chi connectivity index (χ1v) is 7.86. The highest BCUT2D eigenvalue weighted by atomic mass is 28.4. The Morgan fingerprint density at radius 3 is 1.79 bits per heavy atom. The highest BCUT2D eigenvalue weighted by molar-refractivity contribution is 6.60. The molecule has 0 heterocycles. The van der Waals surface area contributed by atoms with Gasteiger partial charge < -0.3 is 22.8 Å². The topological polar surface area (TPSA) is 46.2 Å². The lowest BCUT2D eigenvalue weighted by Gasteiger charge is -2.25. The van der Waals surface area contributed by atoms with Crippen molar-refractivity contribution >= 4 is 8.80 Å². The Labute approximate surface area is 115 Å². The van der Waals surface area contributed by atoms with E-state index in [1.165, 1.54) is 0 Å². The molecular weight excluding hydrogens is 264 g/mol. The van der Waals surface area contributed by atoms with Crippen molar-refractivity contribution in [2.75, 3.05) is 35.5 Å². The molecule has 1 aromatic carbocycles. The standard InChI is InChI=1S/C13H22O5Si/c1-10-7-11(9-19(16-4,17-5)18-6)13(15-3)8-12(10)14-2/h7-8H,9H2,1-6H3. The minimum absolute atomic E-state index is 0.546. The molecule has 0 saturated heterocycles. The van der Waals surface area contributed by atoms with Crippen LogP contribution in [0.5, 0.6) is 11.5 Å². The third-order valence-electron chi connectivity index (χ3n) is 3.14. The van der Waals surface area contributed by atoms with Crippen LogP contribution in [-0.4, -0.2) is 44.4 Å². The summed E-state index contributed by atoms with van der Waals surface area (Å²) >= 11 is 0. The molecule has 1 aromatic rings. The number of rotatable bonds is 7. The molecule has 0 saturated carbocycles. The van der Waals surface area contributed by atoms with E-state index in [9.17, 15) is 0 Å². The van der Waals surface area contributed by atoms with E-state index in [4.69, 9.17) is 22.8 Å². The molecule has 0 fully saturated rings. The summed E-state index contributed by atoms with van der Waals surface area (Å²) in [5, 5.41) is 0. The molecule has 0 aliphatic rings. The number of aryl methyl sites for hydroxylation is 1. The molecule has 1 rings (SSSR count). The Hall–Kier alpha value is -1.08. The molecular formula is C13H22O5Si. The maximum Gasteiger partial charge on any atom is 0.504 e. The first-order valence-electron chi connectivity index (χ1n) is 5.92. The van der Waals surface area contributed by atoms with Crippen molar-refractivity contribution in [1.29, 1.82) is 0 Å². The van der Waals surface area contributed by atoms with Gasteiger partial charge in [-0.2, -0.15) is 0 Å². The van der Waals surface area contributed by atoms with Crippen molar-refractivity contribution in [3.05, 3.63) is 23.3 Å². The van der Waals surface area contributed by atoms with Gasteiger partial charge in [0, 0.05) is 33.4 Å². The lowest BCUT2D eigenvalue weighted by atomic mass is 10.1. The predicted molar refractivity (Wildman–Crippen MR) is 74.8 cm³/mol. The molecule has 0 spiro atoms. The van der Waals surface area contributed by atoms with Crippen LogP contribution in [0, 0.1) is 6.92 Å². The molecule has 6 heteroatoms. The second-order valence-electron chi connectivity index (χ2n) is 4.11. The summed E-state index contributed by atoms with van der Waals surface area (Å²) in [6, 6.07) is 4.42. The summed E-state index contributed by atoms with van der Waals surface area (Å²) in [6.07, 6.45) is 0. The van der Waals surface area contributed by atoms with Gasteiger partial charge in [0.15, 0.2) is 0 Å². The van der Waals surface area contributed by atoms with Crippen LogP contribution in [0.2, 0.25) is 0 Å². The van der Waals surface area contributed by atoms with E-state index in [1.54, 1.807) is 35.5 Å². The van der Waals surface area contributed by atoms with Crippen LogP contribution >= 0.6 is 0 Å². The Balaban J connectivity index is 3.16. The van der Waals surface area contributed by atoms with Crippen LogP contribution in [0.15, 0.2) is 12.1 Å². The monoisotopic (exact) mass is 286 g/mol. The van der Waals surface area contributed by atoms with Gasteiger partial charge in [-0.3, -0.25) is 0 Å².